The summed E-state index contributed by atoms with van der Waals surface area (Å²) in [5.74, 6) is 1.12. The van der Waals surface area contributed by atoms with Crippen molar-refractivity contribution in [2.45, 2.75) is 31.0 Å². The first-order valence-electron chi connectivity index (χ1n) is 4.39. The van der Waals surface area contributed by atoms with Gasteiger partial charge >= 0.3 is 0 Å². The van der Waals surface area contributed by atoms with E-state index < -0.39 is 9.84 Å². The van der Waals surface area contributed by atoms with Crippen LogP contribution in [0.1, 0.15) is 26.2 Å². The molecule has 0 aliphatic carbocycles. The van der Waals surface area contributed by atoms with Gasteiger partial charge in [0.1, 0.15) is 0 Å². The average Bonchev–Trinajstić information content (AvgIpc) is 2.01. The highest BCUT2D eigenvalue weighted by atomic mass is 79.9. The monoisotopic (exact) mass is 254 g/mol. The average molecular weight is 255 g/mol. The van der Waals surface area contributed by atoms with Gasteiger partial charge in [0.05, 0.1) is 11.5 Å². The second kappa shape index (κ2) is 4.09. The molecule has 2 unspecified atom stereocenters. The Morgan fingerprint density at radius 2 is 2.25 bits per heavy atom. The molecule has 0 aromatic heterocycles. The molecule has 0 saturated carbocycles. The van der Waals surface area contributed by atoms with Crippen molar-refractivity contribution in [3.05, 3.63) is 0 Å². The van der Waals surface area contributed by atoms with Gasteiger partial charge < -0.3 is 0 Å². The van der Waals surface area contributed by atoms with Crippen molar-refractivity contribution in [1.82, 2.24) is 0 Å². The van der Waals surface area contributed by atoms with E-state index in [-0.39, 0.29) is 0 Å². The molecule has 0 aromatic carbocycles. The highest BCUT2D eigenvalue weighted by molar-refractivity contribution is 9.09. The van der Waals surface area contributed by atoms with E-state index in [1.165, 1.54) is 0 Å². The van der Waals surface area contributed by atoms with Gasteiger partial charge in [0.15, 0.2) is 9.84 Å². The van der Waals surface area contributed by atoms with Crippen LogP contribution in [0, 0.1) is 5.92 Å². The molecule has 1 saturated heterocycles. The second-order valence-corrected chi connectivity index (χ2v) is 6.85. The predicted octanol–water partition coefficient (Wildman–Crippen LogP) is 1.98. The molecule has 4 heteroatoms. The minimum Gasteiger partial charge on any atom is -0.229 e. The molecule has 0 radical (unpaired) electrons. The van der Waals surface area contributed by atoms with E-state index in [0.717, 1.165) is 19.3 Å². The van der Waals surface area contributed by atoms with Crippen molar-refractivity contribution in [3.63, 3.8) is 0 Å². The van der Waals surface area contributed by atoms with Crippen LogP contribution in [-0.2, 0) is 9.84 Å². The molecule has 72 valence electrons. The lowest BCUT2D eigenvalue weighted by Gasteiger charge is -2.25. The summed E-state index contributed by atoms with van der Waals surface area (Å²) in [6.45, 7) is 2.08. The van der Waals surface area contributed by atoms with Crippen molar-refractivity contribution in [3.8, 4) is 0 Å². The Bertz CT molecular complexity index is 235. The zero-order valence-corrected chi connectivity index (χ0v) is 9.70. The molecule has 0 spiro atoms. The van der Waals surface area contributed by atoms with Crippen molar-refractivity contribution in [2.75, 3.05) is 11.5 Å². The fourth-order valence-electron chi connectivity index (χ4n) is 1.68. The first-order chi connectivity index (χ1) is 5.55. The number of rotatable bonds is 2. The van der Waals surface area contributed by atoms with Crippen LogP contribution in [0.25, 0.3) is 0 Å². The summed E-state index contributed by atoms with van der Waals surface area (Å²) < 4.78 is 22.5. The molecular formula is C8H15BrO2S. The molecule has 2 nitrogen and oxygen atoms in total. The van der Waals surface area contributed by atoms with Crippen molar-refractivity contribution < 1.29 is 8.42 Å². The summed E-state index contributed by atoms with van der Waals surface area (Å²) in [6, 6.07) is 0. The van der Waals surface area contributed by atoms with Crippen LogP contribution in [0.4, 0.5) is 0 Å². The lowest BCUT2D eigenvalue weighted by atomic mass is 10.0. The van der Waals surface area contributed by atoms with Crippen molar-refractivity contribution in [1.29, 1.82) is 0 Å². The summed E-state index contributed by atoms with van der Waals surface area (Å²) in [7, 11) is -2.72. The Morgan fingerprint density at radius 1 is 1.58 bits per heavy atom. The first kappa shape index (κ1) is 10.5. The predicted molar refractivity (Wildman–Crippen MR) is 54.4 cm³/mol. The number of hydrogen-bond acceptors (Lipinski definition) is 2. The highest BCUT2D eigenvalue weighted by Crippen LogP contribution is 2.27. The van der Waals surface area contributed by atoms with E-state index in [4.69, 9.17) is 0 Å². The molecule has 0 amide bonds. The summed E-state index contributed by atoms with van der Waals surface area (Å²) in [5.41, 5.74) is 0. The molecular weight excluding hydrogens is 240 g/mol. The number of alkyl halides is 1. The molecule has 1 rings (SSSR count). The Kier molecular flexibility index (Phi) is 3.58. The van der Waals surface area contributed by atoms with Crippen LogP contribution in [0.15, 0.2) is 0 Å². The maximum atomic E-state index is 11.3. The topological polar surface area (TPSA) is 34.1 Å². The van der Waals surface area contributed by atoms with Gasteiger partial charge in [-0.15, -0.1) is 0 Å². The van der Waals surface area contributed by atoms with Gasteiger partial charge in [0.2, 0.25) is 0 Å². The summed E-state index contributed by atoms with van der Waals surface area (Å²) >= 11 is 3.53. The van der Waals surface area contributed by atoms with Crippen LogP contribution in [0.3, 0.4) is 0 Å². The first-order valence-corrected chi connectivity index (χ1v) is 7.13. The normalized spacial score (nSPS) is 31.3. The van der Waals surface area contributed by atoms with E-state index in [9.17, 15) is 8.42 Å². The van der Waals surface area contributed by atoms with Gasteiger partial charge in [-0.3, -0.25) is 0 Å². The van der Waals surface area contributed by atoms with Gasteiger partial charge in [0, 0.05) is 4.83 Å². The third-order valence-electron chi connectivity index (χ3n) is 2.40. The smallest absolute Gasteiger partial charge is 0.150 e. The Morgan fingerprint density at radius 3 is 2.75 bits per heavy atom. The quantitative estimate of drug-likeness (QED) is 0.707. The van der Waals surface area contributed by atoms with Gasteiger partial charge in [-0.25, -0.2) is 8.42 Å². The van der Waals surface area contributed by atoms with Gasteiger partial charge in [-0.2, -0.15) is 0 Å². The van der Waals surface area contributed by atoms with Crippen LogP contribution in [0.5, 0.6) is 0 Å². The fourth-order valence-corrected chi connectivity index (χ4v) is 4.20. The fraction of sp³-hybridized carbons (Fsp3) is 1.00. The number of hydrogen-bond donors (Lipinski definition) is 0. The lowest BCUT2D eigenvalue weighted by Crippen LogP contribution is -2.30. The third-order valence-corrected chi connectivity index (χ3v) is 5.64. The van der Waals surface area contributed by atoms with E-state index in [1.807, 2.05) is 0 Å². The minimum atomic E-state index is -2.72. The molecule has 0 bridgehead atoms. The molecule has 2 atom stereocenters. The lowest BCUT2D eigenvalue weighted by molar-refractivity contribution is 0.469. The molecule has 0 N–H and O–H groups in total. The Balaban J connectivity index is 2.58. The zero-order valence-electron chi connectivity index (χ0n) is 7.29. The van der Waals surface area contributed by atoms with Crippen molar-refractivity contribution in [2.24, 2.45) is 5.92 Å². The largest absolute Gasteiger partial charge is 0.229 e. The minimum absolute atomic E-state index is 0.341. The van der Waals surface area contributed by atoms with Crippen LogP contribution in [-0.4, -0.2) is 24.8 Å². The van der Waals surface area contributed by atoms with Crippen molar-refractivity contribution >= 4 is 25.8 Å². The summed E-state index contributed by atoms with van der Waals surface area (Å²) in [6.07, 6.45) is 2.91. The van der Waals surface area contributed by atoms with Gasteiger partial charge in [-0.1, -0.05) is 22.9 Å². The van der Waals surface area contributed by atoms with Gasteiger partial charge in [-0.05, 0) is 25.2 Å². The summed E-state index contributed by atoms with van der Waals surface area (Å²) in [4.78, 5) is 0.382. The van der Waals surface area contributed by atoms with Crippen LogP contribution in [0.2, 0.25) is 0 Å². The molecule has 1 aliphatic heterocycles. The maximum absolute atomic E-state index is 11.3. The van der Waals surface area contributed by atoms with Gasteiger partial charge in [0.25, 0.3) is 0 Å². The SMILES string of the molecule is CCC(Br)C1CCCS(=O)(=O)C1. The molecule has 0 aromatic rings. The Labute approximate surface area is 82.8 Å². The second-order valence-electron chi connectivity index (χ2n) is 3.44. The molecule has 1 heterocycles. The summed E-state index contributed by atoms with van der Waals surface area (Å²) in [5, 5.41) is 0. The third kappa shape index (κ3) is 2.73. The number of halogens is 1. The molecule has 1 fully saturated rings. The standard InChI is InChI=1S/C8H15BrO2S/c1-2-8(9)7-4-3-5-12(10,11)6-7/h7-8H,2-6H2,1H3. The number of sulfone groups is 1. The Hall–Kier alpha value is 0.430. The molecule has 12 heavy (non-hydrogen) atoms. The molecule has 1 aliphatic rings. The van der Waals surface area contributed by atoms with E-state index in [2.05, 4.69) is 22.9 Å². The van der Waals surface area contributed by atoms with E-state index >= 15 is 0 Å². The zero-order chi connectivity index (χ0) is 9.19. The van der Waals surface area contributed by atoms with E-state index in [1.54, 1.807) is 0 Å². The van der Waals surface area contributed by atoms with E-state index in [0.29, 0.717) is 22.3 Å². The van der Waals surface area contributed by atoms with Crippen LogP contribution >= 0.6 is 15.9 Å². The van der Waals surface area contributed by atoms with Crippen LogP contribution < -0.4 is 0 Å². The maximum Gasteiger partial charge on any atom is 0.150 e. The highest BCUT2D eigenvalue weighted by Gasteiger charge is 2.28.